The zero-order valence-corrected chi connectivity index (χ0v) is 16.1. The van der Waals surface area contributed by atoms with Crippen LogP contribution in [0.15, 0.2) is 48.7 Å². The number of amides is 1. The van der Waals surface area contributed by atoms with Crippen molar-refractivity contribution in [2.24, 2.45) is 5.92 Å². The number of benzene rings is 2. The number of nitrogens with one attached hydrogen (secondary N) is 2. The molecule has 3 rings (SSSR count). The zero-order chi connectivity index (χ0) is 20.1. The van der Waals surface area contributed by atoms with E-state index in [1.54, 1.807) is 36.5 Å². The average Bonchev–Trinajstić information content (AvgIpc) is 3.07. The Hall–Kier alpha value is -2.99. The van der Waals surface area contributed by atoms with E-state index < -0.39 is 11.9 Å². The average molecular weight is 401 g/mol. The molecule has 0 fully saturated rings. The Balaban J connectivity index is 1.62. The van der Waals surface area contributed by atoms with Crippen LogP contribution in [0.25, 0.3) is 10.9 Å². The molecule has 1 unspecified atom stereocenters. The van der Waals surface area contributed by atoms with Crippen molar-refractivity contribution in [3.05, 3.63) is 64.8 Å². The van der Waals surface area contributed by atoms with Crippen LogP contribution >= 0.6 is 11.6 Å². The first-order valence-corrected chi connectivity index (χ1v) is 9.22. The molecule has 28 heavy (non-hydrogen) atoms. The second kappa shape index (κ2) is 8.80. The number of rotatable bonds is 7. The number of phenols is 1. The molecule has 146 valence electrons. The highest BCUT2D eigenvalue weighted by molar-refractivity contribution is 6.31. The van der Waals surface area contributed by atoms with Gasteiger partial charge in [0.25, 0.3) is 0 Å². The van der Waals surface area contributed by atoms with E-state index in [0.717, 1.165) is 22.0 Å². The Kier molecular flexibility index (Phi) is 6.21. The fourth-order valence-corrected chi connectivity index (χ4v) is 3.27. The number of hydrogen-bond acceptors (Lipinski definition) is 4. The van der Waals surface area contributed by atoms with E-state index in [1.165, 1.54) is 7.11 Å². The highest BCUT2D eigenvalue weighted by Crippen LogP contribution is 2.22. The van der Waals surface area contributed by atoms with Gasteiger partial charge in [-0.2, -0.15) is 0 Å². The summed E-state index contributed by atoms with van der Waals surface area (Å²) in [4.78, 5) is 27.6. The predicted molar refractivity (Wildman–Crippen MR) is 107 cm³/mol. The fourth-order valence-electron chi connectivity index (χ4n) is 3.10. The number of methoxy groups -OCH3 is 1. The molecule has 1 aromatic heterocycles. The minimum atomic E-state index is -0.514. The maximum absolute atomic E-state index is 12.4. The van der Waals surface area contributed by atoms with Crippen LogP contribution in [-0.2, 0) is 27.2 Å². The summed E-state index contributed by atoms with van der Waals surface area (Å²) >= 11 is 5.98. The third-order valence-electron chi connectivity index (χ3n) is 4.58. The van der Waals surface area contributed by atoms with Crippen molar-refractivity contribution in [2.45, 2.75) is 12.8 Å². The van der Waals surface area contributed by atoms with E-state index in [2.05, 4.69) is 10.3 Å². The Morgan fingerprint density at radius 3 is 2.68 bits per heavy atom. The van der Waals surface area contributed by atoms with Crippen molar-refractivity contribution in [1.29, 1.82) is 0 Å². The minimum absolute atomic E-state index is 0.159. The molecule has 0 aliphatic carbocycles. The number of halogens is 1. The maximum Gasteiger partial charge on any atom is 0.310 e. The zero-order valence-electron chi connectivity index (χ0n) is 15.4. The number of hydrogen-bond donors (Lipinski definition) is 3. The molecule has 1 heterocycles. The first-order valence-electron chi connectivity index (χ1n) is 8.84. The number of carbonyl (C=O) groups excluding carboxylic acids is 2. The van der Waals surface area contributed by atoms with Crippen molar-refractivity contribution in [1.82, 2.24) is 10.3 Å². The molecule has 7 heteroatoms. The largest absolute Gasteiger partial charge is 0.508 e. The number of aromatic nitrogens is 1. The minimum Gasteiger partial charge on any atom is -0.508 e. The van der Waals surface area contributed by atoms with Gasteiger partial charge in [-0.05, 0) is 41.8 Å². The lowest BCUT2D eigenvalue weighted by atomic mass is 9.99. The fraction of sp³-hybridized carbons (Fsp3) is 0.238. The number of esters is 1. The van der Waals surface area contributed by atoms with E-state index in [4.69, 9.17) is 16.3 Å². The van der Waals surface area contributed by atoms with E-state index in [0.29, 0.717) is 11.4 Å². The molecule has 0 radical (unpaired) electrons. The molecular formula is C21H21ClN2O4. The Labute approximate surface area is 167 Å². The quantitative estimate of drug-likeness (QED) is 0.531. The number of ether oxygens (including phenoxy) is 1. The molecule has 0 saturated carbocycles. The Morgan fingerprint density at radius 2 is 1.96 bits per heavy atom. The summed E-state index contributed by atoms with van der Waals surface area (Å²) in [6.45, 7) is 0.167. The van der Waals surface area contributed by atoms with Gasteiger partial charge in [-0.3, -0.25) is 9.59 Å². The van der Waals surface area contributed by atoms with Crippen LogP contribution < -0.4 is 5.32 Å². The van der Waals surface area contributed by atoms with Gasteiger partial charge in [-0.25, -0.2) is 0 Å². The Bertz CT molecular complexity index is 982. The van der Waals surface area contributed by atoms with Crippen LogP contribution in [0.3, 0.4) is 0 Å². The van der Waals surface area contributed by atoms with Gasteiger partial charge in [0.05, 0.1) is 19.4 Å². The van der Waals surface area contributed by atoms with Crippen molar-refractivity contribution in [3.63, 3.8) is 0 Å². The summed E-state index contributed by atoms with van der Waals surface area (Å²) in [6, 6.07) is 12.1. The highest BCUT2D eigenvalue weighted by Gasteiger charge is 2.21. The van der Waals surface area contributed by atoms with Crippen LogP contribution in [0, 0.1) is 5.92 Å². The summed E-state index contributed by atoms with van der Waals surface area (Å²) in [5, 5.41) is 13.8. The summed E-state index contributed by atoms with van der Waals surface area (Å²) in [5.41, 5.74) is 2.60. The smallest absolute Gasteiger partial charge is 0.310 e. The molecule has 3 N–H and O–H groups in total. The molecule has 2 aromatic carbocycles. The summed E-state index contributed by atoms with van der Waals surface area (Å²) in [5.74, 6) is -0.933. The molecule has 0 bridgehead atoms. The first kappa shape index (κ1) is 19.8. The molecule has 1 amide bonds. The first-order chi connectivity index (χ1) is 13.5. The van der Waals surface area contributed by atoms with E-state index >= 15 is 0 Å². The van der Waals surface area contributed by atoms with Gasteiger partial charge in [0.1, 0.15) is 5.75 Å². The van der Waals surface area contributed by atoms with Crippen LogP contribution in [0.1, 0.15) is 11.1 Å². The lowest BCUT2D eigenvalue weighted by Crippen LogP contribution is -2.35. The van der Waals surface area contributed by atoms with E-state index in [1.807, 2.05) is 12.1 Å². The monoisotopic (exact) mass is 400 g/mol. The number of aromatic hydroxyl groups is 1. The second-order valence-electron chi connectivity index (χ2n) is 6.58. The van der Waals surface area contributed by atoms with Crippen molar-refractivity contribution in [2.75, 3.05) is 13.7 Å². The normalized spacial score (nSPS) is 11.9. The third kappa shape index (κ3) is 4.84. The summed E-state index contributed by atoms with van der Waals surface area (Å²) in [6.07, 6.45) is 2.38. The molecule has 1 atom stereocenters. The second-order valence-corrected chi connectivity index (χ2v) is 7.01. The number of H-pyrrole nitrogens is 1. The van der Waals surface area contributed by atoms with Gasteiger partial charge < -0.3 is 20.1 Å². The Morgan fingerprint density at radius 1 is 1.21 bits per heavy atom. The summed E-state index contributed by atoms with van der Waals surface area (Å²) in [7, 11) is 1.32. The SMILES string of the molecule is COC(=O)C(CNC(=O)Cc1c[nH]c2cc(Cl)ccc12)Cc1ccc(O)cc1. The van der Waals surface area contributed by atoms with E-state index in [-0.39, 0.29) is 24.6 Å². The molecule has 6 nitrogen and oxygen atoms in total. The number of phenolic OH excluding ortho intramolecular Hbond substituents is 1. The molecule has 3 aromatic rings. The van der Waals surface area contributed by atoms with Crippen LogP contribution in [0.4, 0.5) is 0 Å². The summed E-state index contributed by atoms with van der Waals surface area (Å²) < 4.78 is 4.86. The van der Waals surface area contributed by atoms with Crippen molar-refractivity contribution < 1.29 is 19.4 Å². The van der Waals surface area contributed by atoms with Crippen molar-refractivity contribution in [3.8, 4) is 5.75 Å². The highest BCUT2D eigenvalue weighted by atomic mass is 35.5. The topological polar surface area (TPSA) is 91.4 Å². The van der Waals surface area contributed by atoms with Gasteiger partial charge in [-0.15, -0.1) is 0 Å². The van der Waals surface area contributed by atoms with Gasteiger partial charge in [0.15, 0.2) is 0 Å². The molecule has 0 aliphatic rings. The van der Waals surface area contributed by atoms with Crippen LogP contribution in [0.5, 0.6) is 5.75 Å². The number of carbonyl (C=O) groups is 2. The van der Waals surface area contributed by atoms with Crippen LogP contribution in [-0.4, -0.2) is 35.6 Å². The van der Waals surface area contributed by atoms with Gasteiger partial charge in [0.2, 0.25) is 5.91 Å². The molecule has 0 aliphatic heterocycles. The molecular weight excluding hydrogens is 380 g/mol. The number of aromatic amines is 1. The van der Waals surface area contributed by atoms with Gasteiger partial charge >= 0.3 is 5.97 Å². The standard InChI is InChI=1S/C21H21ClN2O4/c1-28-21(27)15(8-13-2-5-17(25)6-3-13)12-24-20(26)9-14-11-23-19-10-16(22)4-7-18(14)19/h2-7,10-11,15,23,25H,8-9,12H2,1H3,(H,24,26). The van der Waals surface area contributed by atoms with Crippen LogP contribution in [0.2, 0.25) is 5.02 Å². The maximum atomic E-state index is 12.4. The predicted octanol–water partition coefficient (Wildman–Crippen LogP) is 3.22. The van der Waals surface area contributed by atoms with Gasteiger partial charge in [-0.1, -0.05) is 29.8 Å². The number of fused-ring (bicyclic) bond motifs is 1. The lowest BCUT2D eigenvalue weighted by molar-refractivity contribution is -0.145. The van der Waals surface area contributed by atoms with E-state index in [9.17, 15) is 14.7 Å². The third-order valence-corrected chi connectivity index (χ3v) is 4.81. The molecule has 0 spiro atoms. The van der Waals surface area contributed by atoms with Crippen molar-refractivity contribution >= 4 is 34.4 Å². The molecule has 0 saturated heterocycles. The van der Waals surface area contributed by atoms with Gasteiger partial charge in [0, 0.05) is 28.7 Å². The lowest BCUT2D eigenvalue weighted by Gasteiger charge is -2.15.